The number of ketones is 1. The SMILES string of the molecule is CCC(=O)C1CCCCN1C(=O)N(CC)C(C)C. The van der Waals surface area contributed by atoms with Crippen molar-refractivity contribution < 1.29 is 9.59 Å². The van der Waals surface area contributed by atoms with Gasteiger partial charge < -0.3 is 9.80 Å². The van der Waals surface area contributed by atoms with Gasteiger partial charge in [-0.25, -0.2) is 4.79 Å². The van der Waals surface area contributed by atoms with Crippen LogP contribution in [0, 0.1) is 0 Å². The number of piperidine rings is 1. The molecule has 0 N–H and O–H groups in total. The highest BCUT2D eigenvalue weighted by Gasteiger charge is 2.33. The summed E-state index contributed by atoms with van der Waals surface area (Å²) in [5, 5.41) is 0. The van der Waals surface area contributed by atoms with Crippen LogP contribution in [0.15, 0.2) is 0 Å². The van der Waals surface area contributed by atoms with E-state index in [9.17, 15) is 9.59 Å². The lowest BCUT2D eigenvalue weighted by Crippen LogP contribution is -2.54. The Balaban J connectivity index is 2.82. The second kappa shape index (κ2) is 6.76. The third kappa shape index (κ3) is 3.24. The average molecular weight is 254 g/mol. The molecule has 0 radical (unpaired) electrons. The van der Waals surface area contributed by atoms with Crippen molar-refractivity contribution in [1.82, 2.24) is 9.80 Å². The molecular formula is C14H26N2O2. The molecule has 0 saturated carbocycles. The van der Waals surface area contributed by atoms with Crippen molar-refractivity contribution in [2.45, 2.75) is 65.5 Å². The van der Waals surface area contributed by atoms with Gasteiger partial charge >= 0.3 is 6.03 Å². The summed E-state index contributed by atoms with van der Waals surface area (Å²) < 4.78 is 0. The number of urea groups is 1. The summed E-state index contributed by atoms with van der Waals surface area (Å²) >= 11 is 0. The number of carbonyl (C=O) groups is 2. The molecule has 0 aromatic rings. The van der Waals surface area contributed by atoms with Gasteiger partial charge in [0.15, 0.2) is 5.78 Å². The predicted octanol–water partition coefficient (Wildman–Crippen LogP) is 2.67. The van der Waals surface area contributed by atoms with Crippen molar-refractivity contribution >= 4 is 11.8 Å². The number of hydrogen-bond acceptors (Lipinski definition) is 2. The Kier molecular flexibility index (Phi) is 5.63. The van der Waals surface area contributed by atoms with Gasteiger partial charge in [-0.3, -0.25) is 4.79 Å². The molecule has 1 aliphatic rings. The highest BCUT2D eigenvalue weighted by atomic mass is 16.2. The number of hydrogen-bond donors (Lipinski definition) is 0. The molecule has 0 aliphatic carbocycles. The summed E-state index contributed by atoms with van der Waals surface area (Å²) in [5.74, 6) is 0.197. The fourth-order valence-electron chi connectivity index (χ4n) is 2.62. The molecule has 1 aliphatic heterocycles. The Bertz CT molecular complexity index is 302. The Labute approximate surface area is 110 Å². The molecule has 18 heavy (non-hydrogen) atoms. The molecule has 0 aromatic carbocycles. The quantitative estimate of drug-likeness (QED) is 0.774. The van der Waals surface area contributed by atoms with Gasteiger partial charge in [0.1, 0.15) is 0 Å². The monoisotopic (exact) mass is 254 g/mol. The first-order valence-corrected chi connectivity index (χ1v) is 7.12. The Morgan fingerprint density at radius 1 is 1.28 bits per heavy atom. The Morgan fingerprint density at radius 2 is 1.94 bits per heavy atom. The van der Waals surface area contributed by atoms with Gasteiger partial charge in [-0.15, -0.1) is 0 Å². The van der Waals surface area contributed by atoms with Gasteiger partial charge in [0.25, 0.3) is 0 Å². The van der Waals surface area contributed by atoms with E-state index in [1.165, 1.54) is 0 Å². The number of likely N-dealkylation sites (tertiary alicyclic amines) is 1. The van der Waals surface area contributed by atoms with Gasteiger partial charge in [-0.05, 0) is 40.0 Å². The van der Waals surface area contributed by atoms with Crippen LogP contribution in [-0.2, 0) is 4.79 Å². The number of nitrogens with zero attached hydrogens (tertiary/aromatic N) is 2. The Morgan fingerprint density at radius 3 is 2.44 bits per heavy atom. The zero-order valence-corrected chi connectivity index (χ0v) is 12.1. The first kappa shape index (κ1) is 15.0. The summed E-state index contributed by atoms with van der Waals surface area (Å²) in [6, 6.07) is 0.0184. The normalized spacial score (nSPS) is 20.1. The minimum absolute atomic E-state index is 0.0269. The molecule has 1 saturated heterocycles. The third-order valence-electron chi connectivity index (χ3n) is 3.68. The van der Waals surface area contributed by atoms with Crippen LogP contribution < -0.4 is 0 Å². The molecule has 1 fully saturated rings. The molecule has 4 nitrogen and oxygen atoms in total. The summed E-state index contributed by atoms with van der Waals surface area (Å²) in [6.45, 7) is 9.31. The number of Topliss-reactive ketones (excluding diaryl/α,β-unsaturated/α-hetero) is 1. The van der Waals surface area contributed by atoms with E-state index in [-0.39, 0.29) is 23.9 Å². The van der Waals surface area contributed by atoms with Crippen LogP contribution in [0.3, 0.4) is 0 Å². The lowest BCUT2D eigenvalue weighted by molar-refractivity contribution is -0.124. The lowest BCUT2D eigenvalue weighted by Gasteiger charge is -2.39. The zero-order chi connectivity index (χ0) is 13.7. The molecule has 4 heteroatoms. The fourth-order valence-corrected chi connectivity index (χ4v) is 2.62. The minimum atomic E-state index is -0.191. The topological polar surface area (TPSA) is 40.6 Å². The van der Waals surface area contributed by atoms with Gasteiger partial charge in [0.2, 0.25) is 0 Å². The van der Waals surface area contributed by atoms with E-state index < -0.39 is 0 Å². The van der Waals surface area contributed by atoms with Crippen LogP contribution >= 0.6 is 0 Å². The second-order valence-electron chi connectivity index (χ2n) is 5.19. The minimum Gasteiger partial charge on any atom is -0.322 e. The van der Waals surface area contributed by atoms with Crippen LogP contribution in [0.1, 0.15) is 53.4 Å². The first-order valence-electron chi connectivity index (χ1n) is 7.12. The molecule has 1 atom stereocenters. The summed E-state index contributed by atoms with van der Waals surface area (Å²) in [7, 11) is 0. The second-order valence-corrected chi connectivity index (χ2v) is 5.19. The van der Waals surface area contributed by atoms with Crippen molar-refractivity contribution in [2.24, 2.45) is 0 Å². The summed E-state index contributed by atoms with van der Waals surface area (Å²) in [4.78, 5) is 28.1. The number of rotatable bonds is 4. The van der Waals surface area contributed by atoms with Crippen molar-refractivity contribution in [3.05, 3.63) is 0 Å². The molecule has 0 aromatic heterocycles. The van der Waals surface area contributed by atoms with Crippen LogP contribution in [0.25, 0.3) is 0 Å². The van der Waals surface area contributed by atoms with E-state index >= 15 is 0 Å². The van der Waals surface area contributed by atoms with Crippen LogP contribution in [-0.4, -0.2) is 46.8 Å². The van der Waals surface area contributed by atoms with Gasteiger partial charge in [-0.1, -0.05) is 6.92 Å². The van der Waals surface area contributed by atoms with E-state index in [1.807, 2.05) is 32.6 Å². The standard InChI is InChI=1S/C14H26N2O2/c1-5-13(17)12-9-7-8-10-16(12)14(18)15(6-2)11(3)4/h11-12H,5-10H2,1-4H3. The molecule has 1 rings (SSSR count). The molecule has 0 bridgehead atoms. The fraction of sp³-hybridized carbons (Fsp3) is 0.857. The van der Waals surface area contributed by atoms with Crippen molar-refractivity contribution in [3.8, 4) is 0 Å². The maximum absolute atomic E-state index is 12.5. The van der Waals surface area contributed by atoms with E-state index in [2.05, 4.69) is 0 Å². The van der Waals surface area contributed by atoms with E-state index in [4.69, 9.17) is 0 Å². The lowest BCUT2D eigenvalue weighted by atomic mass is 9.97. The number of amides is 2. The molecule has 1 unspecified atom stereocenters. The number of carbonyl (C=O) groups excluding carboxylic acids is 2. The molecule has 1 heterocycles. The highest BCUT2D eigenvalue weighted by molar-refractivity contribution is 5.88. The van der Waals surface area contributed by atoms with Crippen molar-refractivity contribution in [2.75, 3.05) is 13.1 Å². The first-order chi connectivity index (χ1) is 8.52. The molecule has 0 spiro atoms. The van der Waals surface area contributed by atoms with Crippen molar-refractivity contribution in [1.29, 1.82) is 0 Å². The molecule has 104 valence electrons. The van der Waals surface area contributed by atoms with Gasteiger partial charge in [0, 0.05) is 25.6 Å². The van der Waals surface area contributed by atoms with E-state index in [0.717, 1.165) is 25.8 Å². The molecule has 2 amide bonds. The zero-order valence-electron chi connectivity index (χ0n) is 12.1. The van der Waals surface area contributed by atoms with Crippen LogP contribution in [0.2, 0.25) is 0 Å². The third-order valence-corrected chi connectivity index (χ3v) is 3.68. The van der Waals surface area contributed by atoms with Gasteiger partial charge in [0.05, 0.1) is 6.04 Å². The average Bonchev–Trinajstić information content (AvgIpc) is 2.38. The van der Waals surface area contributed by atoms with Crippen LogP contribution in [0.4, 0.5) is 4.79 Å². The summed E-state index contributed by atoms with van der Waals surface area (Å²) in [5.41, 5.74) is 0. The van der Waals surface area contributed by atoms with E-state index in [1.54, 1.807) is 4.90 Å². The maximum atomic E-state index is 12.5. The smallest absolute Gasteiger partial charge is 0.320 e. The Hall–Kier alpha value is -1.06. The van der Waals surface area contributed by atoms with Crippen LogP contribution in [0.5, 0.6) is 0 Å². The predicted molar refractivity (Wildman–Crippen MR) is 72.6 cm³/mol. The van der Waals surface area contributed by atoms with Crippen molar-refractivity contribution in [3.63, 3.8) is 0 Å². The largest absolute Gasteiger partial charge is 0.322 e. The summed E-state index contributed by atoms with van der Waals surface area (Å²) in [6.07, 6.45) is 3.40. The highest BCUT2D eigenvalue weighted by Crippen LogP contribution is 2.21. The molecular weight excluding hydrogens is 228 g/mol. The van der Waals surface area contributed by atoms with Gasteiger partial charge in [-0.2, -0.15) is 0 Å². The maximum Gasteiger partial charge on any atom is 0.320 e. The van der Waals surface area contributed by atoms with E-state index in [0.29, 0.717) is 13.0 Å².